The second kappa shape index (κ2) is 8.10. The second-order valence-corrected chi connectivity index (χ2v) is 5.15. The first kappa shape index (κ1) is 16.7. The summed E-state index contributed by atoms with van der Waals surface area (Å²) in [6.45, 7) is 0.451. The van der Waals surface area contributed by atoms with Crippen molar-refractivity contribution < 1.29 is 19.4 Å². The third kappa shape index (κ3) is 4.93. The number of rotatable bonds is 7. The van der Waals surface area contributed by atoms with E-state index in [0.717, 1.165) is 11.1 Å². The predicted octanol–water partition coefficient (Wildman–Crippen LogP) is 2.26. The normalized spacial score (nSPS) is 11.7. The van der Waals surface area contributed by atoms with Crippen LogP contribution in [0.15, 0.2) is 54.6 Å². The van der Waals surface area contributed by atoms with Gasteiger partial charge in [-0.2, -0.15) is 0 Å². The molecule has 2 N–H and O–H groups in total. The van der Waals surface area contributed by atoms with Crippen LogP contribution in [0.25, 0.3) is 0 Å². The lowest BCUT2D eigenvalue weighted by Gasteiger charge is -2.16. The van der Waals surface area contributed by atoms with E-state index in [-0.39, 0.29) is 11.5 Å². The number of carboxylic acids is 1. The molecular formula is C18H19NO4. The van der Waals surface area contributed by atoms with E-state index in [1.165, 1.54) is 7.11 Å². The largest absolute Gasteiger partial charge is 0.478 e. The van der Waals surface area contributed by atoms with E-state index in [1.807, 2.05) is 30.3 Å². The highest BCUT2D eigenvalue weighted by Gasteiger charge is 2.19. The zero-order valence-electron chi connectivity index (χ0n) is 12.9. The van der Waals surface area contributed by atoms with Crippen molar-refractivity contribution in [2.24, 2.45) is 0 Å². The summed E-state index contributed by atoms with van der Waals surface area (Å²) >= 11 is 0. The standard InChI is InChI=1S/C18H19NO4/c1-23-18(22)16(11-13-5-3-2-4-6-13)19-12-14-7-9-15(10-8-14)17(20)21/h2-10,16,19H,11-12H2,1H3,(H,20,21). The molecule has 2 aromatic carbocycles. The molecule has 2 rings (SSSR count). The minimum Gasteiger partial charge on any atom is -0.478 e. The van der Waals surface area contributed by atoms with Crippen LogP contribution in [0.2, 0.25) is 0 Å². The zero-order valence-corrected chi connectivity index (χ0v) is 12.9. The van der Waals surface area contributed by atoms with Gasteiger partial charge in [0.1, 0.15) is 6.04 Å². The van der Waals surface area contributed by atoms with E-state index in [0.29, 0.717) is 13.0 Å². The van der Waals surface area contributed by atoms with E-state index in [9.17, 15) is 9.59 Å². The molecule has 1 atom stereocenters. The van der Waals surface area contributed by atoms with Gasteiger partial charge in [0.05, 0.1) is 12.7 Å². The van der Waals surface area contributed by atoms with Crippen molar-refractivity contribution in [3.8, 4) is 0 Å². The van der Waals surface area contributed by atoms with Crippen molar-refractivity contribution in [3.05, 3.63) is 71.3 Å². The summed E-state index contributed by atoms with van der Waals surface area (Å²) in [4.78, 5) is 22.8. The summed E-state index contributed by atoms with van der Waals surface area (Å²) < 4.78 is 4.84. The number of carbonyl (C=O) groups is 2. The molecule has 0 saturated carbocycles. The Bertz CT molecular complexity index is 652. The summed E-state index contributed by atoms with van der Waals surface area (Å²) in [5, 5.41) is 12.0. The fraction of sp³-hybridized carbons (Fsp3) is 0.222. The Morgan fingerprint density at radius 1 is 1.04 bits per heavy atom. The lowest BCUT2D eigenvalue weighted by molar-refractivity contribution is -0.143. The molecule has 120 valence electrons. The Labute approximate surface area is 134 Å². The third-order valence-electron chi connectivity index (χ3n) is 3.52. The molecule has 0 bridgehead atoms. The number of methoxy groups -OCH3 is 1. The monoisotopic (exact) mass is 313 g/mol. The van der Waals surface area contributed by atoms with Gasteiger partial charge in [0.15, 0.2) is 0 Å². The first-order valence-corrected chi connectivity index (χ1v) is 7.27. The van der Waals surface area contributed by atoms with Crippen LogP contribution in [-0.2, 0) is 22.5 Å². The van der Waals surface area contributed by atoms with Gasteiger partial charge in [-0.25, -0.2) is 4.79 Å². The van der Waals surface area contributed by atoms with Crippen LogP contribution in [0, 0.1) is 0 Å². The lowest BCUT2D eigenvalue weighted by Crippen LogP contribution is -2.39. The van der Waals surface area contributed by atoms with Gasteiger partial charge in [0.25, 0.3) is 0 Å². The summed E-state index contributed by atoms with van der Waals surface area (Å²) in [6, 6.07) is 15.8. The molecule has 0 aromatic heterocycles. The van der Waals surface area contributed by atoms with Crippen molar-refractivity contribution in [2.45, 2.75) is 19.0 Å². The minimum absolute atomic E-state index is 0.238. The Kier molecular flexibility index (Phi) is 5.88. The number of esters is 1. The molecule has 0 aliphatic heterocycles. The van der Waals surface area contributed by atoms with Gasteiger partial charge in [-0.15, -0.1) is 0 Å². The van der Waals surface area contributed by atoms with Gasteiger partial charge in [0, 0.05) is 6.54 Å². The van der Waals surface area contributed by atoms with Crippen LogP contribution in [0.1, 0.15) is 21.5 Å². The smallest absolute Gasteiger partial charge is 0.335 e. The quantitative estimate of drug-likeness (QED) is 0.767. The van der Waals surface area contributed by atoms with E-state index in [4.69, 9.17) is 9.84 Å². The zero-order chi connectivity index (χ0) is 16.7. The molecule has 5 heteroatoms. The molecule has 0 radical (unpaired) electrons. The van der Waals surface area contributed by atoms with Crippen molar-refractivity contribution in [1.82, 2.24) is 5.32 Å². The van der Waals surface area contributed by atoms with Crippen LogP contribution < -0.4 is 5.32 Å². The molecule has 0 amide bonds. The Morgan fingerprint density at radius 2 is 1.70 bits per heavy atom. The molecule has 0 saturated heterocycles. The average Bonchev–Trinajstić information content (AvgIpc) is 2.59. The van der Waals surface area contributed by atoms with Crippen molar-refractivity contribution in [1.29, 1.82) is 0 Å². The Balaban J connectivity index is 2.00. The van der Waals surface area contributed by atoms with Crippen molar-refractivity contribution >= 4 is 11.9 Å². The van der Waals surface area contributed by atoms with Crippen LogP contribution in [0.4, 0.5) is 0 Å². The van der Waals surface area contributed by atoms with E-state index >= 15 is 0 Å². The number of benzene rings is 2. The maximum Gasteiger partial charge on any atom is 0.335 e. The summed E-state index contributed by atoms with van der Waals surface area (Å²) in [7, 11) is 1.36. The van der Waals surface area contributed by atoms with Crippen LogP contribution in [-0.4, -0.2) is 30.2 Å². The molecule has 23 heavy (non-hydrogen) atoms. The maximum absolute atomic E-state index is 11.9. The van der Waals surface area contributed by atoms with Crippen LogP contribution in [0.5, 0.6) is 0 Å². The highest BCUT2D eigenvalue weighted by molar-refractivity contribution is 5.87. The third-order valence-corrected chi connectivity index (χ3v) is 3.52. The molecule has 0 fully saturated rings. The number of nitrogens with one attached hydrogen (secondary N) is 1. The fourth-order valence-corrected chi connectivity index (χ4v) is 2.24. The highest BCUT2D eigenvalue weighted by atomic mass is 16.5. The van der Waals surface area contributed by atoms with Crippen LogP contribution in [0.3, 0.4) is 0 Å². The van der Waals surface area contributed by atoms with Crippen molar-refractivity contribution in [2.75, 3.05) is 7.11 Å². The molecule has 5 nitrogen and oxygen atoms in total. The molecule has 1 unspecified atom stereocenters. The number of carboxylic acid groups (broad SMARTS) is 1. The highest BCUT2D eigenvalue weighted by Crippen LogP contribution is 2.08. The molecule has 2 aromatic rings. The first-order chi connectivity index (χ1) is 11.1. The number of aromatic carboxylic acids is 1. The molecule has 0 spiro atoms. The van der Waals surface area contributed by atoms with Gasteiger partial charge in [-0.3, -0.25) is 4.79 Å². The number of hydrogen-bond acceptors (Lipinski definition) is 4. The van der Waals surface area contributed by atoms with Gasteiger partial charge in [0.2, 0.25) is 0 Å². The summed E-state index contributed by atoms with van der Waals surface area (Å²) in [5.74, 6) is -1.28. The lowest BCUT2D eigenvalue weighted by atomic mass is 10.1. The van der Waals surface area contributed by atoms with E-state index in [2.05, 4.69) is 5.32 Å². The first-order valence-electron chi connectivity index (χ1n) is 7.27. The topological polar surface area (TPSA) is 75.6 Å². The van der Waals surface area contributed by atoms with Crippen molar-refractivity contribution in [3.63, 3.8) is 0 Å². The molecule has 0 aliphatic carbocycles. The summed E-state index contributed by atoms with van der Waals surface area (Å²) in [6.07, 6.45) is 0.528. The molecule has 0 heterocycles. The van der Waals surface area contributed by atoms with Crippen LogP contribution >= 0.6 is 0 Å². The molecule has 0 aliphatic rings. The van der Waals surface area contributed by atoms with E-state index < -0.39 is 12.0 Å². The minimum atomic E-state index is -0.957. The number of carbonyl (C=O) groups excluding carboxylic acids is 1. The SMILES string of the molecule is COC(=O)C(Cc1ccccc1)NCc1ccc(C(=O)O)cc1. The van der Waals surface area contributed by atoms with Gasteiger partial charge >= 0.3 is 11.9 Å². The Hall–Kier alpha value is -2.66. The van der Waals surface area contributed by atoms with Gasteiger partial charge < -0.3 is 15.2 Å². The second-order valence-electron chi connectivity index (χ2n) is 5.15. The fourth-order valence-electron chi connectivity index (χ4n) is 2.24. The van der Waals surface area contributed by atoms with Gasteiger partial charge in [-0.05, 0) is 29.7 Å². The Morgan fingerprint density at radius 3 is 2.26 bits per heavy atom. The number of ether oxygens (including phenoxy) is 1. The van der Waals surface area contributed by atoms with Gasteiger partial charge in [-0.1, -0.05) is 42.5 Å². The predicted molar refractivity (Wildman–Crippen MR) is 86.2 cm³/mol. The van der Waals surface area contributed by atoms with E-state index in [1.54, 1.807) is 24.3 Å². The molecular weight excluding hydrogens is 294 g/mol. The summed E-state index contributed by atoms with van der Waals surface area (Å²) in [5.41, 5.74) is 2.18. The number of hydrogen-bond donors (Lipinski definition) is 2. The average molecular weight is 313 g/mol. The maximum atomic E-state index is 11.9.